The molecule has 8 nitrogen and oxygen atoms in total. The summed E-state index contributed by atoms with van der Waals surface area (Å²) >= 11 is 6.26. The van der Waals surface area contributed by atoms with E-state index < -0.39 is 5.91 Å². The van der Waals surface area contributed by atoms with Crippen molar-refractivity contribution in [3.63, 3.8) is 0 Å². The zero-order chi connectivity index (χ0) is 21.1. The predicted molar refractivity (Wildman–Crippen MR) is 111 cm³/mol. The zero-order valence-corrected chi connectivity index (χ0v) is 16.5. The highest BCUT2D eigenvalue weighted by molar-refractivity contribution is 6.36. The number of rotatable bonds is 6. The van der Waals surface area contributed by atoms with Crippen LogP contribution in [-0.4, -0.2) is 30.5 Å². The molecule has 29 heavy (non-hydrogen) atoms. The molecule has 0 aliphatic carbocycles. The summed E-state index contributed by atoms with van der Waals surface area (Å²) in [7, 11) is 1.44. The van der Waals surface area contributed by atoms with Gasteiger partial charge in [0.2, 0.25) is 0 Å². The number of methoxy groups -OCH3 is 1. The summed E-state index contributed by atoms with van der Waals surface area (Å²) in [5.74, 6) is -0.0279. The lowest BCUT2D eigenvalue weighted by Crippen LogP contribution is -2.23. The van der Waals surface area contributed by atoms with Crippen LogP contribution in [0.5, 0.6) is 17.2 Å². The maximum atomic E-state index is 12.1. The first kappa shape index (κ1) is 20.2. The Morgan fingerprint density at radius 3 is 2.55 bits per heavy atom. The first-order chi connectivity index (χ1) is 13.9. The van der Waals surface area contributed by atoms with Gasteiger partial charge in [0.05, 0.1) is 34.5 Å². The van der Waals surface area contributed by atoms with Crippen molar-refractivity contribution in [2.24, 2.45) is 5.73 Å². The smallest absolute Gasteiger partial charge is 0.252 e. The van der Waals surface area contributed by atoms with Crippen molar-refractivity contribution in [2.45, 2.75) is 6.92 Å². The van der Waals surface area contributed by atoms with Crippen molar-refractivity contribution in [3.8, 4) is 17.2 Å². The molecule has 3 aromatic rings. The van der Waals surface area contributed by atoms with Gasteiger partial charge in [0.15, 0.2) is 5.75 Å². The van der Waals surface area contributed by atoms with Crippen LogP contribution in [0.1, 0.15) is 27.6 Å². The molecular formula is C20H19ClN4O4. The number of hydrogen-bond acceptors (Lipinski definition) is 6. The normalized spacial score (nSPS) is 10.6. The fraction of sp³-hybridized carbons (Fsp3) is 0.150. The predicted octanol–water partition coefficient (Wildman–Crippen LogP) is 3.12. The second kappa shape index (κ2) is 8.24. The summed E-state index contributed by atoms with van der Waals surface area (Å²) < 4.78 is 11.1. The first-order valence-electron chi connectivity index (χ1n) is 8.68. The van der Waals surface area contributed by atoms with Crippen molar-refractivity contribution >= 4 is 40.0 Å². The second-order valence-electron chi connectivity index (χ2n) is 6.04. The number of hydrogen-bond donors (Lipinski definition) is 3. The lowest BCUT2D eigenvalue weighted by molar-refractivity contribution is 0.0954. The van der Waals surface area contributed by atoms with Gasteiger partial charge in [-0.1, -0.05) is 11.6 Å². The summed E-state index contributed by atoms with van der Waals surface area (Å²) in [6, 6.07) is 7.83. The largest absolute Gasteiger partial charge is 0.496 e. The number of nitrogen functional groups attached to an aromatic ring is 1. The highest BCUT2D eigenvalue weighted by Crippen LogP contribution is 2.38. The Bertz CT molecular complexity index is 1120. The number of ether oxygens (including phenoxy) is 2. The van der Waals surface area contributed by atoms with Crippen molar-refractivity contribution in [1.29, 1.82) is 0 Å². The number of benzene rings is 2. The molecule has 0 aliphatic heterocycles. The van der Waals surface area contributed by atoms with Crippen LogP contribution < -0.4 is 26.3 Å². The number of amides is 2. The van der Waals surface area contributed by atoms with Crippen LogP contribution in [0.3, 0.4) is 0 Å². The number of primary amides is 1. The van der Waals surface area contributed by atoms with E-state index in [0.29, 0.717) is 28.9 Å². The van der Waals surface area contributed by atoms with E-state index in [1.165, 1.54) is 13.2 Å². The summed E-state index contributed by atoms with van der Waals surface area (Å²) in [6.07, 6.45) is 1.54. The number of nitrogens with zero attached hydrogens (tertiary/aromatic N) is 1. The maximum absolute atomic E-state index is 12.1. The van der Waals surface area contributed by atoms with Crippen molar-refractivity contribution < 1.29 is 19.1 Å². The van der Waals surface area contributed by atoms with E-state index in [9.17, 15) is 9.59 Å². The van der Waals surface area contributed by atoms with E-state index in [1.807, 2.05) is 0 Å². The van der Waals surface area contributed by atoms with Gasteiger partial charge in [0.1, 0.15) is 11.5 Å². The van der Waals surface area contributed by atoms with E-state index in [2.05, 4.69) is 10.3 Å². The number of carbonyl (C=O) groups excluding carboxylic acids is 2. The van der Waals surface area contributed by atoms with Crippen LogP contribution >= 0.6 is 11.6 Å². The van der Waals surface area contributed by atoms with Gasteiger partial charge in [-0.15, -0.1) is 0 Å². The van der Waals surface area contributed by atoms with Crippen LogP contribution in [0.4, 0.5) is 5.69 Å². The quantitative estimate of drug-likeness (QED) is 0.531. The Hall–Kier alpha value is -3.52. The molecule has 9 heteroatoms. The van der Waals surface area contributed by atoms with Crippen molar-refractivity contribution in [2.75, 3.05) is 19.4 Å². The van der Waals surface area contributed by atoms with Crippen LogP contribution in [0.15, 0.2) is 36.5 Å². The van der Waals surface area contributed by atoms with Gasteiger partial charge in [-0.2, -0.15) is 0 Å². The number of nitrogens with one attached hydrogen (secondary N) is 1. The number of halogens is 1. The first-order valence-corrected chi connectivity index (χ1v) is 9.05. The minimum absolute atomic E-state index is 0.0892. The Kier molecular flexibility index (Phi) is 5.74. The molecule has 0 saturated carbocycles. The van der Waals surface area contributed by atoms with Gasteiger partial charge >= 0.3 is 0 Å². The molecule has 2 amide bonds. The van der Waals surface area contributed by atoms with E-state index in [-0.39, 0.29) is 33.5 Å². The lowest BCUT2D eigenvalue weighted by atomic mass is 10.1. The molecule has 0 unspecified atom stereocenters. The third-order valence-electron chi connectivity index (χ3n) is 4.23. The molecule has 150 valence electrons. The molecule has 3 rings (SSSR count). The molecule has 1 heterocycles. The van der Waals surface area contributed by atoms with Gasteiger partial charge < -0.3 is 26.3 Å². The van der Waals surface area contributed by atoms with Crippen LogP contribution in [0.25, 0.3) is 10.9 Å². The van der Waals surface area contributed by atoms with Gasteiger partial charge in [-0.05, 0) is 31.2 Å². The Balaban J connectivity index is 2.06. The summed E-state index contributed by atoms with van der Waals surface area (Å²) in [5, 5.41) is 3.29. The third-order valence-corrected chi connectivity index (χ3v) is 4.64. The number of aromatic nitrogens is 1. The van der Waals surface area contributed by atoms with E-state index >= 15 is 0 Å². The van der Waals surface area contributed by atoms with Gasteiger partial charge in [-0.25, -0.2) is 0 Å². The van der Waals surface area contributed by atoms with Gasteiger partial charge in [0, 0.05) is 24.2 Å². The fourth-order valence-electron chi connectivity index (χ4n) is 2.81. The summed E-state index contributed by atoms with van der Waals surface area (Å²) in [6.45, 7) is 2.26. The molecule has 1 aromatic heterocycles. The average Bonchev–Trinajstić information content (AvgIpc) is 2.70. The molecule has 5 N–H and O–H groups in total. The molecule has 0 aliphatic rings. The Labute approximate surface area is 171 Å². The number of anilines is 1. The second-order valence-corrected chi connectivity index (χ2v) is 6.42. The summed E-state index contributed by atoms with van der Waals surface area (Å²) in [4.78, 5) is 28.1. The highest BCUT2D eigenvalue weighted by Gasteiger charge is 2.18. The molecule has 0 fully saturated rings. The molecule has 2 aromatic carbocycles. The molecule has 0 spiro atoms. The molecular weight excluding hydrogens is 396 g/mol. The van der Waals surface area contributed by atoms with E-state index in [4.69, 9.17) is 32.5 Å². The maximum Gasteiger partial charge on any atom is 0.252 e. The SMILES string of the molecule is CCNC(=O)c1ccc(Oc2ccnc3cc(OC)c(C(N)=O)cc23)c(N)c1Cl. The average molecular weight is 415 g/mol. The number of fused-ring (bicyclic) bond motifs is 1. The molecule has 0 bridgehead atoms. The minimum Gasteiger partial charge on any atom is -0.496 e. The number of nitrogens with two attached hydrogens (primary N) is 2. The van der Waals surface area contributed by atoms with Crippen LogP contribution in [0.2, 0.25) is 5.02 Å². The summed E-state index contributed by atoms with van der Waals surface area (Å²) in [5.41, 5.74) is 12.6. The zero-order valence-electron chi connectivity index (χ0n) is 15.8. The standard InChI is InChI=1S/C20H19ClN4O4/c1-3-24-20(27)10-4-5-15(18(22)17(10)21)29-14-6-7-25-13-9-16(28-2)12(19(23)26)8-11(13)14/h4-9H,3,22H2,1-2H3,(H2,23,26)(H,24,27). The topological polar surface area (TPSA) is 130 Å². The number of pyridine rings is 1. The van der Waals surface area contributed by atoms with E-state index in [1.54, 1.807) is 37.4 Å². The third kappa shape index (κ3) is 3.88. The van der Waals surface area contributed by atoms with Crippen LogP contribution in [0, 0.1) is 0 Å². The van der Waals surface area contributed by atoms with Gasteiger partial charge in [0.25, 0.3) is 11.8 Å². The monoisotopic (exact) mass is 414 g/mol. The lowest BCUT2D eigenvalue weighted by Gasteiger charge is -2.14. The van der Waals surface area contributed by atoms with Crippen molar-refractivity contribution in [3.05, 3.63) is 52.7 Å². The van der Waals surface area contributed by atoms with Crippen molar-refractivity contribution in [1.82, 2.24) is 10.3 Å². The molecule has 0 radical (unpaired) electrons. The van der Waals surface area contributed by atoms with Gasteiger partial charge in [-0.3, -0.25) is 14.6 Å². The van der Waals surface area contributed by atoms with Crippen LogP contribution in [-0.2, 0) is 0 Å². The Morgan fingerprint density at radius 1 is 1.14 bits per heavy atom. The molecule has 0 atom stereocenters. The molecule has 0 saturated heterocycles. The highest BCUT2D eigenvalue weighted by atomic mass is 35.5. The minimum atomic E-state index is -0.646. The fourth-order valence-corrected chi connectivity index (χ4v) is 3.05. The number of carbonyl (C=O) groups is 2. The Morgan fingerprint density at radius 2 is 1.90 bits per heavy atom. The van der Waals surface area contributed by atoms with E-state index in [0.717, 1.165) is 0 Å².